The molecule has 1 fully saturated rings. The number of nitrogens with one attached hydrogen (secondary N) is 1. The van der Waals surface area contributed by atoms with Gasteiger partial charge in [0.15, 0.2) is 11.5 Å². The minimum atomic E-state index is 0.285. The molecule has 0 atom stereocenters. The van der Waals surface area contributed by atoms with Crippen LogP contribution in [0, 0.1) is 17.8 Å². The molecule has 0 saturated carbocycles. The number of hydrogen-bond acceptors (Lipinski definition) is 7. The van der Waals surface area contributed by atoms with Crippen LogP contribution in [-0.4, -0.2) is 53.3 Å². The van der Waals surface area contributed by atoms with E-state index in [1.165, 1.54) is 0 Å². The number of aliphatic hydroxyl groups is 1. The fourth-order valence-electron chi connectivity index (χ4n) is 4.40. The third-order valence-electron chi connectivity index (χ3n) is 6.53. The van der Waals surface area contributed by atoms with Gasteiger partial charge in [-0.2, -0.15) is 0 Å². The number of piperidine rings is 1. The van der Waals surface area contributed by atoms with E-state index in [1.54, 1.807) is 13.4 Å². The summed E-state index contributed by atoms with van der Waals surface area (Å²) in [5, 5.41) is 13.6. The smallest absolute Gasteiger partial charge is 0.169 e. The summed E-state index contributed by atoms with van der Waals surface area (Å²) in [6, 6.07) is 21.3. The van der Waals surface area contributed by atoms with E-state index in [0.29, 0.717) is 23.2 Å². The van der Waals surface area contributed by atoms with Crippen molar-refractivity contribution < 1.29 is 14.6 Å². The van der Waals surface area contributed by atoms with Gasteiger partial charge in [0.1, 0.15) is 17.9 Å². The first-order valence-corrected chi connectivity index (χ1v) is 12.5. The average Bonchev–Trinajstić information content (AvgIpc) is 2.95. The van der Waals surface area contributed by atoms with E-state index in [9.17, 15) is 5.11 Å². The van der Waals surface area contributed by atoms with Gasteiger partial charge < -0.3 is 19.9 Å². The van der Waals surface area contributed by atoms with Crippen molar-refractivity contribution in [2.24, 2.45) is 5.92 Å². The predicted molar refractivity (Wildman–Crippen MR) is 145 cm³/mol. The Balaban J connectivity index is 1.32. The summed E-state index contributed by atoms with van der Waals surface area (Å²) >= 11 is 0. The number of methoxy groups -OCH3 is 1. The topological polar surface area (TPSA) is 79.7 Å². The lowest BCUT2D eigenvalue weighted by Crippen LogP contribution is -2.34. The molecule has 0 amide bonds. The van der Waals surface area contributed by atoms with Crippen molar-refractivity contribution in [1.29, 1.82) is 0 Å². The maximum atomic E-state index is 9.32. The van der Waals surface area contributed by atoms with Gasteiger partial charge in [0.2, 0.25) is 0 Å². The Hall–Kier alpha value is -4.12. The summed E-state index contributed by atoms with van der Waals surface area (Å²) in [7, 11) is 1.62. The molecule has 2 heterocycles. The molecule has 1 aromatic heterocycles. The molecule has 2 N–H and O–H groups in total. The van der Waals surface area contributed by atoms with Crippen LogP contribution in [0.1, 0.15) is 18.4 Å². The Morgan fingerprint density at radius 1 is 1.00 bits per heavy atom. The number of ether oxygens (including phenoxy) is 2. The molecule has 5 rings (SSSR count). The Morgan fingerprint density at radius 3 is 2.62 bits per heavy atom. The molecular weight excluding hydrogens is 464 g/mol. The number of hydrogen-bond donors (Lipinski definition) is 2. The predicted octanol–water partition coefficient (Wildman–Crippen LogP) is 5.23. The number of anilines is 2. The molecule has 7 nitrogen and oxygen atoms in total. The summed E-state index contributed by atoms with van der Waals surface area (Å²) in [4.78, 5) is 11.2. The molecule has 1 saturated heterocycles. The molecule has 37 heavy (non-hydrogen) atoms. The first-order chi connectivity index (χ1) is 18.2. The fourth-order valence-corrected chi connectivity index (χ4v) is 4.40. The van der Waals surface area contributed by atoms with Crippen molar-refractivity contribution in [3.8, 4) is 29.1 Å². The molecule has 0 unspecified atom stereocenters. The van der Waals surface area contributed by atoms with Crippen LogP contribution >= 0.6 is 0 Å². The monoisotopic (exact) mass is 494 g/mol. The molecule has 0 bridgehead atoms. The summed E-state index contributed by atoms with van der Waals surface area (Å²) in [5.41, 5.74) is 2.57. The summed E-state index contributed by atoms with van der Waals surface area (Å²) in [6.45, 7) is 2.98. The van der Waals surface area contributed by atoms with Gasteiger partial charge in [-0.05, 0) is 74.3 Å². The molecule has 0 aliphatic carbocycles. The van der Waals surface area contributed by atoms with Gasteiger partial charge in [0, 0.05) is 29.3 Å². The molecule has 1 aliphatic heterocycles. The molecule has 4 aromatic rings. The third kappa shape index (κ3) is 6.18. The standard InChI is InChI=1S/C30H30N4O3/c1-36-29-19-24(10-12-28(29)37-25-7-3-2-4-8-25)33-30-26-18-22(9-11-27(26)31-21-32-30)6-5-15-34-16-13-23(20-35)14-17-34/h2-4,7-12,18-19,21,23,35H,13-17,20H2,1H3,(H,31,32,33). The van der Waals surface area contributed by atoms with E-state index in [0.717, 1.165) is 60.4 Å². The number of aromatic nitrogens is 2. The first-order valence-electron chi connectivity index (χ1n) is 12.5. The molecule has 1 aliphatic rings. The Labute approximate surface area is 217 Å². The van der Waals surface area contributed by atoms with Crippen LogP contribution in [0.2, 0.25) is 0 Å². The molecule has 3 aromatic carbocycles. The zero-order chi connectivity index (χ0) is 25.5. The molecule has 188 valence electrons. The SMILES string of the molecule is COc1cc(Nc2ncnc3ccc(C#CCN4CCC(CO)CC4)cc23)ccc1Oc1ccccc1. The summed E-state index contributed by atoms with van der Waals surface area (Å²) < 4.78 is 11.6. The second-order valence-corrected chi connectivity index (χ2v) is 9.06. The molecular formula is C30H30N4O3. The maximum absolute atomic E-state index is 9.32. The second-order valence-electron chi connectivity index (χ2n) is 9.06. The minimum Gasteiger partial charge on any atom is -0.493 e. The largest absolute Gasteiger partial charge is 0.493 e. The van der Waals surface area contributed by atoms with Gasteiger partial charge in [-0.15, -0.1) is 0 Å². The van der Waals surface area contributed by atoms with Crippen LogP contribution in [0.5, 0.6) is 17.2 Å². The number of benzene rings is 3. The van der Waals surface area contributed by atoms with Crippen LogP contribution in [-0.2, 0) is 0 Å². The van der Waals surface area contributed by atoms with E-state index in [2.05, 4.69) is 32.0 Å². The van der Waals surface area contributed by atoms with Crippen molar-refractivity contribution in [3.05, 3.63) is 78.6 Å². The van der Waals surface area contributed by atoms with Crippen molar-refractivity contribution in [1.82, 2.24) is 14.9 Å². The van der Waals surface area contributed by atoms with Crippen molar-refractivity contribution in [2.45, 2.75) is 12.8 Å². The Morgan fingerprint density at radius 2 is 1.84 bits per heavy atom. The maximum Gasteiger partial charge on any atom is 0.169 e. The molecule has 0 radical (unpaired) electrons. The van der Waals surface area contributed by atoms with Crippen LogP contribution in [0.3, 0.4) is 0 Å². The van der Waals surface area contributed by atoms with Gasteiger partial charge in [0.25, 0.3) is 0 Å². The van der Waals surface area contributed by atoms with Crippen molar-refractivity contribution in [2.75, 3.05) is 38.7 Å². The third-order valence-corrected chi connectivity index (χ3v) is 6.53. The zero-order valence-electron chi connectivity index (χ0n) is 20.9. The first kappa shape index (κ1) is 24.6. The number of likely N-dealkylation sites (tertiary alicyclic amines) is 1. The number of para-hydroxylation sites is 1. The highest BCUT2D eigenvalue weighted by Gasteiger charge is 2.17. The highest BCUT2D eigenvalue weighted by Crippen LogP contribution is 2.35. The van der Waals surface area contributed by atoms with Gasteiger partial charge in [0.05, 0.1) is 19.2 Å². The van der Waals surface area contributed by atoms with Gasteiger partial charge in [-0.25, -0.2) is 9.97 Å². The minimum absolute atomic E-state index is 0.285. The van der Waals surface area contributed by atoms with Gasteiger partial charge >= 0.3 is 0 Å². The van der Waals surface area contributed by atoms with Crippen LogP contribution < -0.4 is 14.8 Å². The highest BCUT2D eigenvalue weighted by atomic mass is 16.5. The van der Waals surface area contributed by atoms with Crippen molar-refractivity contribution in [3.63, 3.8) is 0 Å². The lowest BCUT2D eigenvalue weighted by atomic mass is 9.98. The van der Waals surface area contributed by atoms with Crippen LogP contribution in [0.15, 0.2) is 73.1 Å². The highest BCUT2D eigenvalue weighted by molar-refractivity contribution is 5.91. The van der Waals surface area contributed by atoms with E-state index in [1.807, 2.05) is 66.7 Å². The molecule has 0 spiro atoms. The normalized spacial score (nSPS) is 14.1. The van der Waals surface area contributed by atoms with E-state index in [4.69, 9.17) is 9.47 Å². The average molecular weight is 495 g/mol. The number of nitrogens with zero attached hydrogens (tertiary/aromatic N) is 3. The number of aliphatic hydroxyl groups excluding tert-OH is 1. The summed E-state index contributed by atoms with van der Waals surface area (Å²) in [6.07, 6.45) is 3.62. The lowest BCUT2D eigenvalue weighted by Gasteiger charge is -2.29. The van der Waals surface area contributed by atoms with Crippen LogP contribution in [0.25, 0.3) is 10.9 Å². The van der Waals surface area contributed by atoms with Gasteiger partial charge in [-0.3, -0.25) is 4.90 Å². The number of fused-ring (bicyclic) bond motifs is 1. The Bertz CT molecular complexity index is 1410. The fraction of sp³-hybridized carbons (Fsp3) is 0.267. The van der Waals surface area contributed by atoms with Gasteiger partial charge in [-0.1, -0.05) is 30.0 Å². The van der Waals surface area contributed by atoms with E-state index < -0.39 is 0 Å². The van der Waals surface area contributed by atoms with E-state index >= 15 is 0 Å². The second kappa shape index (κ2) is 11.7. The zero-order valence-corrected chi connectivity index (χ0v) is 20.9. The van der Waals surface area contributed by atoms with Crippen molar-refractivity contribution >= 4 is 22.4 Å². The van der Waals surface area contributed by atoms with E-state index in [-0.39, 0.29) is 6.61 Å². The van der Waals surface area contributed by atoms with Crippen LogP contribution in [0.4, 0.5) is 11.5 Å². The lowest BCUT2D eigenvalue weighted by molar-refractivity contribution is 0.140. The molecule has 7 heteroatoms. The Kier molecular flexibility index (Phi) is 7.80. The summed E-state index contributed by atoms with van der Waals surface area (Å²) in [5.74, 6) is 9.70. The quantitative estimate of drug-likeness (QED) is 0.341. The number of rotatable bonds is 7.